The van der Waals surface area contributed by atoms with Gasteiger partial charge in [0.15, 0.2) is 0 Å². The van der Waals surface area contributed by atoms with E-state index < -0.39 is 12.1 Å². The Balaban J connectivity index is 1.49. The Kier molecular flexibility index (Phi) is 11.3. The van der Waals surface area contributed by atoms with Crippen molar-refractivity contribution in [2.75, 3.05) is 20.7 Å². The summed E-state index contributed by atoms with van der Waals surface area (Å²) in [5, 5.41) is 17.8. The molecule has 7 heteroatoms. The lowest BCUT2D eigenvalue weighted by Gasteiger charge is -2.27. The van der Waals surface area contributed by atoms with Crippen LogP contribution in [-0.4, -0.2) is 54.7 Å². The Labute approximate surface area is 260 Å². The summed E-state index contributed by atoms with van der Waals surface area (Å²) in [5.41, 5.74) is 4.70. The van der Waals surface area contributed by atoms with Gasteiger partial charge in [0, 0.05) is 30.8 Å². The van der Waals surface area contributed by atoms with Gasteiger partial charge in [-0.3, -0.25) is 9.59 Å². The number of aliphatic hydroxyl groups excluding tert-OH is 1. The average Bonchev–Trinajstić information content (AvgIpc) is 3.06. The fourth-order valence-corrected chi connectivity index (χ4v) is 5.23. The van der Waals surface area contributed by atoms with Gasteiger partial charge in [-0.1, -0.05) is 72.8 Å². The van der Waals surface area contributed by atoms with Crippen LogP contribution in [0.2, 0.25) is 0 Å². The van der Waals surface area contributed by atoms with Gasteiger partial charge in [-0.05, 0) is 79.8 Å². The highest BCUT2D eigenvalue weighted by atomic mass is 16.5. The third-order valence-electron chi connectivity index (χ3n) is 8.10. The summed E-state index contributed by atoms with van der Waals surface area (Å²) in [6.07, 6.45) is -0.426. The maximum absolute atomic E-state index is 13.6. The summed E-state index contributed by atoms with van der Waals surface area (Å²) in [6, 6.07) is 31.9. The van der Waals surface area contributed by atoms with E-state index in [1.807, 2.05) is 106 Å². The molecule has 0 unspecified atom stereocenters. The number of rotatable bonds is 13. The number of carbonyl (C=O) groups excluding carboxylic acids is 2. The van der Waals surface area contributed by atoms with Gasteiger partial charge in [-0.15, -0.1) is 0 Å². The van der Waals surface area contributed by atoms with Crippen LogP contribution in [0.1, 0.15) is 68.9 Å². The molecule has 0 fully saturated rings. The number of ether oxygens (including phenoxy) is 1. The number of aliphatic hydroxyl groups is 1. The van der Waals surface area contributed by atoms with Crippen LogP contribution in [0.5, 0.6) is 5.75 Å². The predicted molar refractivity (Wildman–Crippen MR) is 175 cm³/mol. The number of nitrogens with one attached hydrogen (secondary N) is 2. The standard InChI is InChI=1S/C37H43N3O4/c1-25-20-31(23-32(21-25)37(43)40(4)27(3)30-14-10-7-11-15-30)36(42)39-34(22-28-12-8-6-9-13-28)35(41)24-38-26(2)29-16-18-33(44-5)19-17-29/h6-21,23,26-27,34-35,38,41H,22,24H2,1-5H3,(H,39,42)/t26-,27+,34+,35-/m1/s1. The first kappa shape index (κ1) is 32.5. The van der Waals surface area contributed by atoms with E-state index in [-0.39, 0.29) is 30.4 Å². The van der Waals surface area contributed by atoms with Crippen molar-refractivity contribution in [3.63, 3.8) is 0 Å². The number of nitrogens with zero attached hydrogens (tertiary/aromatic N) is 1. The van der Waals surface area contributed by atoms with Gasteiger partial charge < -0.3 is 25.4 Å². The highest BCUT2D eigenvalue weighted by molar-refractivity contribution is 6.00. The van der Waals surface area contributed by atoms with E-state index in [0.717, 1.165) is 28.0 Å². The van der Waals surface area contributed by atoms with Crippen molar-refractivity contribution in [2.24, 2.45) is 0 Å². The van der Waals surface area contributed by atoms with Crippen LogP contribution in [0.15, 0.2) is 103 Å². The van der Waals surface area contributed by atoms with Gasteiger partial charge in [0.05, 0.1) is 25.3 Å². The number of carbonyl (C=O) groups is 2. The first-order valence-corrected chi connectivity index (χ1v) is 15.0. The number of hydrogen-bond acceptors (Lipinski definition) is 5. The van der Waals surface area contributed by atoms with E-state index in [1.165, 1.54) is 0 Å². The molecule has 0 aliphatic carbocycles. The van der Waals surface area contributed by atoms with Crippen LogP contribution in [0, 0.1) is 6.92 Å². The molecule has 0 saturated heterocycles. The number of hydrogen-bond donors (Lipinski definition) is 3. The van der Waals surface area contributed by atoms with Crippen molar-refractivity contribution in [1.82, 2.24) is 15.5 Å². The zero-order valence-corrected chi connectivity index (χ0v) is 26.2. The third-order valence-corrected chi connectivity index (χ3v) is 8.10. The number of methoxy groups -OCH3 is 1. The maximum Gasteiger partial charge on any atom is 0.254 e. The summed E-state index contributed by atoms with van der Waals surface area (Å²) in [6.45, 7) is 6.15. The Morgan fingerprint density at radius 2 is 1.45 bits per heavy atom. The van der Waals surface area contributed by atoms with Crippen LogP contribution in [0.25, 0.3) is 0 Å². The predicted octanol–water partition coefficient (Wildman–Crippen LogP) is 5.89. The minimum atomic E-state index is -0.872. The minimum Gasteiger partial charge on any atom is -0.497 e. The molecule has 2 amide bonds. The summed E-state index contributed by atoms with van der Waals surface area (Å²) >= 11 is 0. The van der Waals surface area contributed by atoms with Gasteiger partial charge in [-0.25, -0.2) is 0 Å². The molecule has 3 N–H and O–H groups in total. The highest BCUT2D eigenvalue weighted by Crippen LogP contribution is 2.22. The van der Waals surface area contributed by atoms with Crippen molar-refractivity contribution in [1.29, 1.82) is 0 Å². The van der Waals surface area contributed by atoms with Crippen LogP contribution in [0.4, 0.5) is 0 Å². The van der Waals surface area contributed by atoms with Crippen molar-refractivity contribution in [3.8, 4) is 5.75 Å². The average molecular weight is 594 g/mol. The summed E-state index contributed by atoms with van der Waals surface area (Å²) in [7, 11) is 3.41. The minimum absolute atomic E-state index is 0.0238. The van der Waals surface area contributed by atoms with Crippen molar-refractivity contribution in [3.05, 3.63) is 137 Å². The molecule has 44 heavy (non-hydrogen) atoms. The number of benzene rings is 4. The Morgan fingerprint density at radius 1 is 0.841 bits per heavy atom. The molecule has 4 aromatic rings. The van der Waals surface area contributed by atoms with E-state index in [4.69, 9.17) is 4.74 Å². The fourth-order valence-electron chi connectivity index (χ4n) is 5.23. The largest absolute Gasteiger partial charge is 0.497 e. The van der Waals surface area contributed by atoms with Crippen molar-refractivity contribution < 1.29 is 19.4 Å². The van der Waals surface area contributed by atoms with Gasteiger partial charge in [0.1, 0.15) is 5.75 Å². The number of amides is 2. The molecular weight excluding hydrogens is 550 g/mol. The van der Waals surface area contributed by atoms with Crippen molar-refractivity contribution in [2.45, 2.75) is 51.4 Å². The molecule has 4 atom stereocenters. The molecule has 0 aliphatic heterocycles. The van der Waals surface area contributed by atoms with Gasteiger partial charge >= 0.3 is 0 Å². The maximum atomic E-state index is 13.6. The van der Waals surface area contributed by atoms with E-state index >= 15 is 0 Å². The topological polar surface area (TPSA) is 90.9 Å². The molecule has 0 bridgehead atoms. The van der Waals surface area contributed by atoms with Crippen LogP contribution >= 0.6 is 0 Å². The first-order valence-electron chi connectivity index (χ1n) is 15.0. The summed E-state index contributed by atoms with van der Waals surface area (Å²) in [5.74, 6) is 0.270. The van der Waals surface area contributed by atoms with E-state index in [2.05, 4.69) is 10.6 Å². The summed E-state index contributed by atoms with van der Waals surface area (Å²) in [4.78, 5) is 28.8. The quantitative estimate of drug-likeness (QED) is 0.180. The fraction of sp³-hybridized carbons (Fsp3) is 0.297. The Bertz CT molecular complexity index is 1510. The van der Waals surface area contributed by atoms with Crippen molar-refractivity contribution >= 4 is 11.8 Å². The van der Waals surface area contributed by atoms with E-state index in [9.17, 15) is 14.7 Å². The van der Waals surface area contributed by atoms with Gasteiger partial charge in [-0.2, -0.15) is 0 Å². The molecule has 7 nitrogen and oxygen atoms in total. The second-order valence-electron chi connectivity index (χ2n) is 11.3. The van der Waals surface area contributed by atoms with Crippen LogP contribution in [0.3, 0.4) is 0 Å². The molecule has 4 aromatic carbocycles. The summed E-state index contributed by atoms with van der Waals surface area (Å²) < 4.78 is 5.26. The Hall–Kier alpha value is -4.46. The highest BCUT2D eigenvalue weighted by Gasteiger charge is 2.25. The van der Waals surface area contributed by atoms with Crippen LogP contribution < -0.4 is 15.4 Å². The smallest absolute Gasteiger partial charge is 0.254 e. The SMILES string of the molecule is COc1ccc([C@@H](C)NC[C@@H](O)[C@H](Cc2ccccc2)NC(=O)c2cc(C)cc(C(=O)N(C)[C@@H](C)c3ccccc3)c2)cc1. The molecule has 4 rings (SSSR count). The Morgan fingerprint density at radius 3 is 2.09 bits per heavy atom. The number of aryl methyl sites for hydroxylation is 1. The third kappa shape index (κ3) is 8.56. The monoisotopic (exact) mass is 593 g/mol. The lowest BCUT2D eigenvalue weighted by Crippen LogP contribution is -2.49. The molecule has 0 radical (unpaired) electrons. The zero-order valence-electron chi connectivity index (χ0n) is 26.2. The molecule has 0 saturated carbocycles. The van der Waals surface area contributed by atoms with Gasteiger partial charge in [0.25, 0.3) is 11.8 Å². The zero-order chi connectivity index (χ0) is 31.6. The van der Waals surface area contributed by atoms with Gasteiger partial charge in [0.2, 0.25) is 0 Å². The van der Waals surface area contributed by atoms with E-state index in [0.29, 0.717) is 17.5 Å². The van der Waals surface area contributed by atoms with E-state index in [1.54, 1.807) is 37.3 Å². The van der Waals surface area contributed by atoms with Crippen LogP contribution in [-0.2, 0) is 6.42 Å². The normalized spacial score (nSPS) is 13.8. The lowest BCUT2D eigenvalue weighted by atomic mass is 9.99. The first-order chi connectivity index (χ1) is 21.2. The molecule has 0 spiro atoms. The lowest BCUT2D eigenvalue weighted by molar-refractivity contribution is 0.0742. The molecule has 0 aliphatic rings. The molecule has 230 valence electrons. The second kappa shape index (κ2) is 15.3. The molecular formula is C37H43N3O4. The molecule has 0 heterocycles. The molecule has 0 aromatic heterocycles. The second-order valence-corrected chi connectivity index (χ2v) is 11.3.